The first-order valence-corrected chi connectivity index (χ1v) is 19.4. The number of likely N-dealkylation sites (tertiary alicyclic amines) is 3. The molecule has 10 nitrogen and oxygen atoms in total. The maximum absolute atomic E-state index is 13.3. The molecule has 2 aromatic carbocycles. The van der Waals surface area contributed by atoms with Crippen LogP contribution in [0.3, 0.4) is 0 Å². The van der Waals surface area contributed by atoms with Gasteiger partial charge >= 0.3 is 6.09 Å². The van der Waals surface area contributed by atoms with E-state index in [1.54, 1.807) is 4.90 Å². The molecule has 4 heterocycles. The molecule has 3 amide bonds. The van der Waals surface area contributed by atoms with Gasteiger partial charge in [0.25, 0.3) is 0 Å². The first-order valence-electron chi connectivity index (χ1n) is 18.6. The lowest BCUT2D eigenvalue weighted by Gasteiger charge is -2.46. The van der Waals surface area contributed by atoms with E-state index in [1.807, 2.05) is 74.2 Å². The Morgan fingerprint density at radius 2 is 1.31 bits per heavy atom. The molecule has 4 aliphatic heterocycles. The molecule has 0 radical (unpaired) electrons. The second-order valence-electron chi connectivity index (χ2n) is 15.6. The molecule has 280 valence electrons. The van der Waals surface area contributed by atoms with Crippen LogP contribution in [0.15, 0.2) is 48.5 Å². The number of nitrogens with one attached hydrogen (secondary N) is 3. The lowest BCUT2D eigenvalue weighted by Crippen LogP contribution is -2.60. The van der Waals surface area contributed by atoms with Gasteiger partial charge in [-0.1, -0.05) is 49.2 Å². The average molecular weight is 744 g/mol. The highest BCUT2D eigenvalue weighted by atomic mass is 35.5. The van der Waals surface area contributed by atoms with Crippen LogP contribution < -0.4 is 16.0 Å². The van der Waals surface area contributed by atoms with E-state index >= 15 is 0 Å². The van der Waals surface area contributed by atoms with Gasteiger partial charge in [0.2, 0.25) is 11.8 Å². The van der Waals surface area contributed by atoms with E-state index in [-0.39, 0.29) is 36.0 Å². The summed E-state index contributed by atoms with van der Waals surface area (Å²) in [5.41, 5.74) is 1.25. The van der Waals surface area contributed by atoms with Crippen molar-refractivity contribution in [2.75, 3.05) is 49.9 Å². The number of piperidine rings is 4. The molecule has 0 bridgehead atoms. The number of benzene rings is 2. The summed E-state index contributed by atoms with van der Waals surface area (Å²) in [5, 5.41) is 11.5. The Labute approximate surface area is 313 Å². The van der Waals surface area contributed by atoms with Gasteiger partial charge < -0.3 is 35.4 Å². The average Bonchev–Trinajstić information content (AvgIpc) is 3.07. The van der Waals surface area contributed by atoms with Crippen molar-refractivity contribution in [1.82, 2.24) is 20.0 Å². The quantitative estimate of drug-likeness (QED) is 0.289. The molecular formula is C39H56Cl2N6O4. The lowest BCUT2D eigenvalue weighted by molar-refractivity contribution is -0.139. The Morgan fingerprint density at radius 1 is 0.784 bits per heavy atom. The van der Waals surface area contributed by atoms with Crippen LogP contribution >= 0.6 is 23.2 Å². The number of carbonyl (C=O) groups excluding carboxylic acids is 3. The zero-order chi connectivity index (χ0) is 36.7. The second kappa shape index (κ2) is 17.5. The third kappa shape index (κ3) is 10.7. The van der Waals surface area contributed by atoms with Gasteiger partial charge in [-0.15, -0.1) is 0 Å². The normalized spacial score (nSPS) is 27.3. The molecule has 2 unspecified atom stereocenters. The van der Waals surface area contributed by atoms with Crippen LogP contribution in [0, 0.1) is 11.8 Å². The summed E-state index contributed by atoms with van der Waals surface area (Å²) in [6.45, 7) is 14.8. The third-order valence-corrected chi connectivity index (χ3v) is 10.9. The summed E-state index contributed by atoms with van der Waals surface area (Å²) in [6, 6.07) is 15.0. The molecule has 3 N–H and O–H groups in total. The molecule has 0 spiro atoms. The smallest absolute Gasteiger partial charge is 0.410 e. The van der Waals surface area contributed by atoms with Crippen LogP contribution in [0.25, 0.3) is 0 Å². The van der Waals surface area contributed by atoms with E-state index in [0.29, 0.717) is 41.0 Å². The number of rotatable bonds is 6. The minimum atomic E-state index is -0.525. The predicted molar refractivity (Wildman–Crippen MR) is 205 cm³/mol. The van der Waals surface area contributed by atoms with E-state index in [4.69, 9.17) is 27.9 Å². The summed E-state index contributed by atoms with van der Waals surface area (Å²) in [7, 11) is 0. The Morgan fingerprint density at radius 3 is 1.82 bits per heavy atom. The van der Waals surface area contributed by atoms with Gasteiger partial charge in [0.1, 0.15) is 17.7 Å². The lowest BCUT2D eigenvalue weighted by atomic mass is 9.90. The van der Waals surface area contributed by atoms with Gasteiger partial charge in [-0.3, -0.25) is 9.59 Å². The second-order valence-corrected chi connectivity index (χ2v) is 16.4. The van der Waals surface area contributed by atoms with Gasteiger partial charge in [0.05, 0.1) is 6.04 Å². The molecule has 6 rings (SSSR count). The number of hydrogen-bond acceptors (Lipinski definition) is 7. The summed E-state index contributed by atoms with van der Waals surface area (Å²) >= 11 is 12.1. The highest BCUT2D eigenvalue weighted by Crippen LogP contribution is 2.29. The first-order chi connectivity index (χ1) is 24.3. The Kier molecular flexibility index (Phi) is 13.4. The number of anilines is 2. The van der Waals surface area contributed by atoms with E-state index in [1.165, 1.54) is 0 Å². The maximum Gasteiger partial charge on any atom is 0.410 e. The van der Waals surface area contributed by atoms with E-state index in [9.17, 15) is 14.4 Å². The van der Waals surface area contributed by atoms with Gasteiger partial charge in [0.15, 0.2) is 0 Å². The topological polar surface area (TPSA) is 106 Å². The van der Waals surface area contributed by atoms with Crippen molar-refractivity contribution >= 4 is 52.5 Å². The predicted octanol–water partition coefficient (Wildman–Crippen LogP) is 7.13. The fraction of sp³-hybridized carbons (Fsp3) is 0.615. The van der Waals surface area contributed by atoms with Crippen LogP contribution in [0.1, 0.15) is 73.1 Å². The molecule has 4 fully saturated rings. The number of halogens is 2. The standard InChI is InChI=1S/C22H32ClN3O3.C17H24ClN3O/c1-15-10-12-25(21(28)29-22(2,3)4)14-19(15)26-11-6-9-18(20(26)27)24-17-8-5-7-16(23)13-17;1-12-7-8-19-11-16(12)21-9-3-6-15(17(21)22)20-14-5-2-4-13(18)10-14/h5,7-8,13,15,18-19,24H,6,9-12,14H2,1-4H3;2,4-5,10,12,15-16,19-20H,3,6-9,11H2,1H3/t15-,18?,19-;12-,15?,16-/m00/s1. The molecule has 12 heteroatoms. The van der Waals surface area contributed by atoms with Crippen LogP contribution in [-0.4, -0.2) is 102 Å². The van der Waals surface area contributed by atoms with Gasteiger partial charge in [-0.25, -0.2) is 4.79 Å². The number of ether oxygens (including phenoxy) is 1. The molecule has 4 aliphatic rings. The summed E-state index contributed by atoms with van der Waals surface area (Å²) < 4.78 is 5.54. The molecule has 0 aliphatic carbocycles. The SMILES string of the molecule is C[C@H]1CCN(C(=O)OC(C)(C)C)C[C@@H]1N1CCCC(Nc2cccc(Cl)c2)C1=O.C[C@H]1CCNC[C@@H]1N1CCCC(Nc2cccc(Cl)c2)C1=O. The minimum Gasteiger partial charge on any atom is -0.444 e. The molecule has 51 heavy (non-hydrogen) atoms. The van der Waals surface area contributed by atoms with Crippen molar-refractivity contribution < 1.29 is 19.1 Å². The van der Waals surface area contributed by atoms with Gasteiger partial charge in [0, 0.05) is 60.2 Å². The highest BCUT2D eigenvalue weighted by Gasteiger charge is 2.40. The van der Waals surface area contributed by atoms with Crippen LogP contribution in [0.5, 0.6) is 0 Å². The monoisotopic (exact) mass is 742 g/mol. The Balaban J connectivity index is 0.000000205. The summed E-state index contributed by atoms with van der Waals surface area (Å²) in [6.07, 6.45) is 5.36. The Hall–Kier alpha value is -3.21. The van der Waals surface area contributed by atoms with E-state index < -0.39 is 5.60 Å². The fourth-order valence-corrected chi connectivity index (χ4v) is 8.00. The van der Waals surface area contributed by atoms with E-state index in [0.717, 1.165) is 76.1 Å². The molecule has 6 atom stereocenters. The van der Waals surface area contributed by atoms with Crippen molar-refractivity contribution in [3.8, 4) is 0 Å². The molecule has 0 aromatic heterocycles. The number of carbonyl (C=O) groups is 3. The summed E-state index contributed by atoms with van der Waals surface area (Å²) in [4.78, 5) is 44.5. The van der Waals surface area contributed by atoms with Crippen molar-refractivity contribution in [3.63, 3.8) is 0 Å². The molecule has 2 aromatic rings. The zero-order valence-corrected chi connectivity index (χ0v) is 32.3. The van der Waals surface area contributed by atoms with Crippen molar-refractivity contribution in [2.45, 2.75) is 103 Å². The van der Waals surface area contributed by atoms with Crippen molar-refractivity contribution in [1.29, 1.82) is 0 Å². The van der Waals surface area contributed by atoms with Crippen molar-refractivity contribution in [3.05, 3.63) is 58.6 Å². The van der Waals surface area contributed by atoms with Crippen molar-refractivity contribution in [2.24, 2.45) is 11.8 Å². The number of hydrogen-bond donors (Lipinski definition) is 3. The number of nitrogens with zero attached hydrogens (tertiary/aromatic N) is 3. The zero-order valence-electron chi connectivity index (χ0n) is 30.8. The fourth-order valence-electron chi connectivity index (χ4n) is 7.62. The summed E-state index contributed by atoms with van der Waals surface area (Å²) in [5.74, 6) is 1.23. The van der Waals surface area contributed by atoms with Crippen LogP contribution in [-0.2, 0) is 14.3 Å². The third-order valence-electron chi connectivity index (χ3n) is 10.4. The molecule has 4 saturated heterocycles. The maximum atomic E-state index is 13.3. The van der Waals surface area contributed by atoms with E-state index in [2.05, 4.69) is 34.7 Å². The molecular weight excluding hydrogens is 687 g/mol. The van der Waals surface area contributed by atoms with Gasteiger partial charge in [-0.05, 0) is 114 Å². The largest absolute Gasteiger partial charge is 0.444 e. The minimum absolute atomic E-state index is 0.00716. The van der Waals surface area contributed by atoms with Crippen LogP contribution in [0.4, 0.5) is 16.2 Å². The molecule has 0 saturated carbocycles. The van der Waals surface area contributed by atoms with Crippen LogP contribution in [0.2, 0.25) is 10.0 Å². The number of amides is 3. The van der Waals surface area contributed by atoms with Gasteiger partial charge in [-0.2, -0.15) is 0 Å². The Bertz CT molecular complexity index is 1500. The first kappa shape index (κ1) is 39.0. The highest BCUT2D eigenvalue weighted by molar-refractivity contribution is 6.31.